The Morgan fingerprint density at radius 1 is 1.44 bits per heavy atom. The molecule has 0 aromatic heterocycles. The Hall–Kier alpha value is -0.780. The summed E-state index contributed by atoms with van der Waals surface area (Å²) in [6, 6.07) is 11.1. The van der Waals surface area contributed by atoms with E-state index in [1.54, 1.807) is 0 Å². The molecule has 0 N–H and O–H groups in total. The minimum Gasteiger partial charge on any atom is -0.0620 e. The number of rotatable bonds is 2. The fraction of sp³-hybridized carbons (Fsp3) is 0.222. The Morgan fingerprint density at radius 3 is 2.89 bits per heavy atom. The molecule has 0 saturated heterocycles. The molecule has 0 fully saturated rings. The lowest BCUT2D eigenvalue weighted by Gasteiger charge is -1.92. The maximum atomic E-state index is 3.76. The second-order valence-corrected chi connectivity index (χ2v) is 1.99. The summed E-state index contributed by atoms with van der Waals surface area (Å²) in [5, 5.41) is 0. The molecule has 1 rings (SSSR count). The quantitative estimate of drug-likeness (QED) is 0.558. The fourth-order valence-electron chi connectivity index (χ4n) is 0.776. The van der Waals surface area contributed by atoms with Crippen LogP contribution >= 0.6 is 0 Å². The number of benzene rings is 1. The zero-order chi connectivity index (χ0) is 6.53. The average molecular weight is 118 g/mol. The first-order chi connectivity index (χ1) is 4.43. The van der Waals surface area contributed by atoms with Gasteiger partial charge in [-0.1, -0.05) is 31.2 Å². The van der Waals surface area contributed by atoms with Crippen molar-refractivity contribution in [2.75, 3.05) is 0 Å². The molecule has 0 heteroatoms. The molecule has 1 aromatic carbocycles. The summed E-state index contributed by atoms with van der Waals surface area (Å²) in [7, 11) is 0. The van der Waals surface area contributed by atoms with Crippen molar-refractivity contribution < 1.29 is 0 Å². The van der Waals surface area contributed by atoms with Gasteiger partial charge in [0.05, 0.1) is 0 Å². The third-order valence-corrected chi connectivity index (χ3v) is 1.22. The number of hydrogen-bond acceptors (Lipinski definition) is 0. The summed E-state index contributed by atoms with van der Waals surface area (Å²) in [6.45, 7) is 3.76. The largest absolute Gasteiger partial charge is 0.0620 e. The van der Waals surface area contributed by atoms with E-state index >= 15 is 0 Å². The third-order valence-electron chi connectivity index (χ3n) is 1.22. The predicted molar refractivity (Wildman–Crippen MR) is 39.0 cm³/mol. The van der Waals surface area contributed by atoms with Gasteiger partial charge in [0.15, 0.2) is 0 Å². The molecule has 9 heavy (non-hydrogen) atoms. The highest BCUT2D eigenvalue weighted by atomic mass is 13.9. The van der Waals surface area contributed by atoms with Crippen LogP contribution in [-0.4, -0.2) is 0 Å². The maximum absolute atomic E-state index is 3.76. The van der Waals surface area contributed by atoms with Gasteiger partial charge < -0.3 is 0 Å². The molecule has 0 spiro atoms. The molecule has 0 atom stereocenters. The first-order valence-corrected chi connectivity index (χ1v) is 3.18. The smallest absolute Gasteiger partial charge is 0.0149 e. The Labute approximate surface area is 56.5 Å². The van der Waals surface area contributed by atoms with Gasteiger partial charge in [-0.05, 0) is 24.5 Å². The van der Waals surface area contributed by atoms with Crippen molar-refractivity contribution in [1.29, 1.82) is 0 Å². The highest BCUT2D eigenvalue weighted by Gasteiger charge is 1.85. The Balaban J connectivity index is 2.61. The van der Waals surface area contributed by atoms with Crippen molar-refractivity contribution in [3.63, 3.8) is 0 Å². The molecule has 2 radical (unpaired) electrons. The van der Waals surface area contributed by atoms with Crippen LogP contribution in [0.3, 0.4) is 0 Å². The van der Waals surface area contributed by atoms with Crippen LogP contribution in [0.4, 0.5) is 0 Å². The van der Waals surface area contributed by atoms with E-state index in [0.717, 1.165) is 12.8 Å². The van der Waals surface area contributed by atoms with Crippen molar-refractivity contribution in [2.24, 2.45) is 0 Å². The number of hydrogen-bond donors (Lipinski definition) is 0. The lowest BCUT2D eigenvalue weighted by molar-refractivity contribution is 0.997. The zero-order valence-electron chi connectivity index (χ0n) is 5.43. The Bertz CT molecular complexity index is 153. The second-order valence-electron chi connectivity index (χ2n) is 1.99. The third kappa shape index (κ3) is 1.88. The van der Waals surface area contributed by atoms with Crippen LogP contribution in [0.2, 0.25) is 0 Å². The topological polar surface area (TPSA) is 0 Å². The molecule has 0 bridgehead atoms. The Morgan fingerprint density at radius 2 is 2.33 bits per heavy atom. The van der Waals surface area contributed by atoms with Crippen molar-refractivity contribution in [2.45, 2.75) is 12.8 Å². The molecule has 46 valence electrons. The van der Waals surface area contributed by atoms with Gasteiger partial charge in [-0.3, -0.25) is 0 Å². The number of aryl methyl sites for hydroxylation is 1. The van der Waals surface area contributed by atoms with E-state index in [9.17, 15) is 0 Å². The van der Waals surface area contributed by atoms with Gasteiger partial charge in [0.1, 0.15) is 0 Å². The van der Waals surface area contributed by atoms with E-state index in [1.807, 2.05) is 18.2 Å². The SMILES string of the molecule is [CH2]CCc1[c]cccc1. The summed E-state index contributed by atoms with van der Waals surface area (Å²) in [5.74, 6) is 0. The van der Waals surface area contributed by atoms with E-state index in [1.165, 1.54) is 5.56 Å². The van der Waals surface area contributed by atoms with E-state index in [0.29, 0.717) is 0 Å². The summed E-state index contributed by atoms with van der Waals surface area (Å²) in [5.41, 5.74) is 1.26. The highest BCUT2D eigenvalue weighted by molar-refractivity contribution is 5.12. The van der Waals surface area contributed by atoms with Crippen LogP contribution in [0, 0.1) is 13.0 Å². The molecule has 0 heterocycles. The van der Waals surface area contributed by atoms with Gasteiger partial charge in [0, 0.05) is 0 Å². The van der Waals surface area contributed by atoms with Gasteiger partial charge in [-0.2, -0.15) is 0 Å². The Kier molecular flexibility index (Phi) is 2.32. The van der Waals surface area contributed by atoms with Crippen molar-refractivity contribution >= 4 is 0 Å². The van der Waals surface area contributed by atoms with Gasteiger partial charge in [0.25, 0.3) is 0 Å². The fourth-order valence-corrected chi connectivity index (χ4v) is 0.776. The standard InChI is InChI=1S/C9H10/c1-2-6-9-7-4-3-5-8-9/h3-5,7H,1-2,6H2. The van der Waals surface area contributed by atoms with Crippen molar-refractivity contribution in [3.05, 3.63) is 42.8 Å². The molecular formula is C9H10. The summed E-state index contributed by atoms with van der Waals surface area (Å²) in [4.78, 5) is 0. The lowest BCUT2D eigenvalue weighted by atomic mass is 10.1. The van der Waals surface area contributed by atoms with Crippen LogP contribution in [-0.2, 0) is 6.42 Å². The maximum Gasteiger partial charge on any atom is -0.0149 e. The van der Waals surface area contributed by atoms with E-state index in [4.69, 9.17) is 0 Å². The molecular weight excluding hydrogens is 108 g/mol. The summed E-state index contributed by atoms with van der Waals surface area (Å²) in [6.07, 6.45) is 2.00. The van der Waals surface area contributed by atoms with Crippen LogP contribution in [0.5, 0.6) is 0 Å². The molecule has 0 aliphatic carbocycles. The lowest BCUT2D eigenvalue weighted by Crippen LogP contribution is -1.79. The van der Waals surface area contributed by atoms with Crippen LogP contribution in [0.25, 0.3) is 0 Å². The minimum atomic E-state index is 0.959. The highest BCUT2D eigenvalue weighted by Crippen LogP contribution is 1.99. The average Bonchev–Trinajstić information content (AvgIpc) is 1.91. The monoisotopic (exact) mass is 118 g/mol. The molecule has 0 aliphatic rings. The van der Waals surface area contributed by atoms with E-state index in [2.05, 4.69) is 19.1 Å². The molecule has 1 aromatic rings. The van der Waals surface area contributed by atoms with Crippen LogP contribution < -0.4 is 0 Å². The van der Waals surface area contributed by atoms with Gasteiger partial charge >= 0.3 is 0 Å². The van der Waals surface area contributed by atoms with Gasteiger partial charge in [-0.15, -0.1) is 0 Å². The first-order valence-electron chi connectivity index (χ1n) is 3.18. The van der Waals surface area contributed by atoms with Crippen molar-refractivity contribution in [3.8, 4) is 0 Å². The minimum absolute atomic E-state index is 0.959. The zero-order valence-corrected chi connectivity index (χ0v) is 5.43. The van der Waals surface area contributed by atoms with Crippen molar-refractivity contribution in [1.82, 2.24) is 0 Å². The molecule has 0 amide bonds. The molecule has 0 saturated carbocycles. The van der Waals surface area contributed by atoms with E-state index < -0.39 is 0 Å². The molecule has 0 aliphatic heterocycles. The second kappa shape index (κ2) is 3.29. The first kappa shape index (κ1) is 6.34. The van der Waals surface area contributed by atoms with Crippen LogP contribution in [0.1, 0.15) is 12.0 Å². The van der Waals surface area contributed by atoms with Gasteiger partial charge in [-0.25, -0.2) is 0 Å². The van der Waals surface area contributed by atoms with Crippen LogP contribution in [0.15, 0.2) is 24.3 Å². The molecule has 0 nitrogen and oxygen atoms in total. The molecule has 0 unspecified atom stereocenters. The predicted octanol–water partition coefficient (Wildman–Crippen LogP) is 2.25. The summed E-state index contributed by atoms with van der Waals surface area (Å²) < 4.78 is 0. The van der Waals surface area contributed by atoms with E-state index in [-0.39, 0.29) is 0 Å². The summed E-state index contributed by atoms with van der Waals surface area (Å²) >= 11 is 0. The normalized spacial score (nSPS) is 9.44. The van der Waals surface area contributed by atoms with Gasteiger partial charge in [0.2, 0.25) is 0 Å².